The Balaban J connectivity index is 1.80. The zero-order valence-corrected chi connectivity index (χ0v) is 16.0. The van der Waals surface area contributed by atoms with Crippen LogP contribution in [0.25, 0.3) is 0 Å². The van der Waals surface area contributed by atoms with Crippen molar-refractivity contribution in [3.8, 4) is 0 Å². The summed E-state index contributed by atoms with van der Waals surface area (Å²) in [4.78, 5) is 24.3. The summed E-state index contributed by atoms with van der Waals surface area (Å²) in [6, 6.07) is 6.00. The van der Waals surface area contributed by atoms with E-state index < -0.39 is 0 Å². The van der Waals surface area contributed by atoms with Crippen molar-refractivity contribution in [2.75, 3.05) is 11.9 Å². The molecular formula is C20H29N3O2. The van der Waals surface area contributed by atoms with Crippen molar-refractivity contribution in [1.82, 2.24) is 10.9 Å². The highest BCUT2D eigenvalue weighted by Gasteiger charge is 2.60. The molecule has 2 rings (SSSR count). The van der Waals surface area contributed by atoms with Crippen LogP contribution in [-0.4, -0.2) is 18.4 Å². The van der Waals surface area contributed by atoms with E-state index in [1.54, 1.807) is 0 Å². The van der Waals surface area contributed by atoms with Crippen LogP contribution in [0.15, 0.2) is 29.8 Å². The third-order valence-electron chi connectivity index (χ3n) is 4.85. The molecular weight excluding hydrogens is 314 g/mol. The first kappa shape index (κ1) is 19.0. The largest absolute Gasteiger partial charge is 0.376 e. The highest BCUT2D eigenvalue weighted by Crippen LogP contribution is 2.59. The first-order valence-corrected chi connectivity index (χ1v) is 8.67. The molecule has 2 atom stereocenters. The lowest BCUT2D eigenvalue weighted by Gasteiger charge is -2.11. The minimum absolute atomic E-state index is 0.0661. The van der Waals surface area contributed by atoms with Crippen LogP contribution in [0.2, 0.25) is 0 Å². The fourth-order valence-electron chi connectivity index (χ4n) is 3.29. The number of hydrazine groups is 1. The van der Waals surface area contributed by atoms with Gasteiger partial charge in [-0.2, -0.15) is 0 Å². The molecule has 25 heavy (non-hydrogen) atoms. The van der Waals surface area contributed by atoms with E-state index >= 15 is 0 Å². The van der Waals surface area contributed by atoms with E-state index in [1.807, 2.05) is 39.8 Å². The maximum absolute atomic E-state index is 12.3. The van der Waals surface area contributed by atoms with Crippen LogP contribution in [0.1, 0.15) is 38.8 Å². The van der Waals surface area contributed by atoms with E-state index in [0.717, 1.165) is 11.3 Å². The first-order valence-electron chi connectivity index (χ1n) is 8.67. The summed E-state index contributed by atoms with van der Waals surface area (Å²) in [7, 11) is 0. The molecule has 1 aliphatic carbocycles. The average molecular weight is 343 g/mol. The van der Waals surface area contributed by atoms with Crippen molar-refractivity contribution in [3.05, 3.63) is 41.0 Å². The summed E-state index contributed by atoms with van der Waals surface area (Å²) >= 11 is 0. The molecule has 0 aromatic heterocycles. The molecule has 0 heterocycles. The first-order chi connectivity index (χ1) is 11.6. The van der Waals surface area contributed by atoms with E-state index in [1.165, 1.54) is 11.1 Å². The quantitative estimate of drug-likeness (QED) is 0.568. The van der Waals surface area contributed by atoms with Crippen molar-refractivity contribution in [2.24, 2.45) is 17.3 Å². The summed E-state index contributed by atoms with van der Waals surface area (Å²) in [5.74, 6) is -0.282. The molecule has 2 unspecified atom stereocenters. The highest BCUT2D eigenvalue weighted by molar-refractivity contribution is 5.87. The molecule has 3 N–H and O–H groups in total. The van der Waals surface area contributed by atoms with Gasteiger partial charge >= 0.3 is 0 Å². The van der Waals surface area contributed by atoms with Gasteiger partial charge in [-0.25, -0.2) is 0 Å². The van der Waals surface area contributed by atoms with Gasteiger partial charge in [0.15, 0.2) is 0 Å². The summed E-state index contributed by atoms with van der Waals surface area (Å²) in [6.45, 7) is 12.3. The maximum atomic E-state index is 12.3. The van der Waals surface area contributed by atoms with E-state index in [2.05, 4.69) is 42.2 Å². The van der Waals surface area contributed by atoms with Crippen LogP contribution in [0.3, 0.4) is 0 Å². The van der Waals surface area contributed by atoms with E-state index in [4.69, 9.17) is 0 Å². The Labute approximate surface area is 150 Å². The predicted molar refractivity (Wildman–Crippen MR) is 101 cm³/mol. The van der Waals surface area contributed by atoms with Crippen LogP contribution < -0.4 is 16.2 Å². The number of hydrogen-bond donors (Lipinski definition) is 3. The van der Waals surface area contributed by atoms with E-state index in [9.17, 15) is 9.59 Å². The van der Waals surface area contributed by atoms with E-state index in [-0.39, 0.29) is 35.6 Å². The van der Waals surface area contributed by atoms with Crippen molar-refractivity contribution in [1.29, 1.82) is 0 Å². The smallest absolute Gasteiger partial charge is 0.257 e. The van der Waals surface area contributed by atoms with E-state index in [0.29, 0.717) is 0 Å². The normalized spacial score (nSPS) is 20.4. The number of carbonyl (C=O) groups excluding carboxylic acids is 2. The molecule has 0 spiro atoms. The number of carbonyl (C=O) groups is 2. The molecule has 0 radical (unpaired) electrons. The lowest BCUT2D eigenvalue weighted by atomic mass is 10.1. The van der Waals surface area contributed by atoms with Crippen molar-refractivity contribution < 1.29 is 9.59 Å². The van der Waals surface area contributed by atoms with Crippen molar-refractivity contribution in [3.63, 3.8) is 0 Å². The second kappa shape index (κ2) is 7.30. The molecule has 1 saturated carbocycles. The second-order valence-electron chi connectivity index (χ2n) is 7.78. The van der Waals surface area contributed by atoms with Gasteiger partial charge in [-0.1, -0.05) is 43.2 Å². The second-order valence-corrected chi connectivity index (χ2v) is 7.78. The monoisotopic (exact) mass is 343 g/mol. The standard InChI is InChI=1S/C20H29N3O2/c1-12(2)9-15-18(20(15,5)6)19(25)23-22-17(24)11-21-16-8-7-13(3)10-14(16)4/h7-10,15,18,21H,11H2,1-6H3,(H,22,24)(H,23,25). The topological polar surface area (TPSA) is 70.2 Å². The SMILES string of the molecule is CC(C)=CC1C(C(=O)NNC(=O)CNc2ccc(C)cc2C)C1(C)C. The number of anilines is 1. The number of amides is 2. The zero-order valence-electron chi connectivity index (χ0n) is 16.0. The fourth-order valence-corrected chi connectivity index (χ4v) is 3.29. The molecule has 5 nitrogen and oxygen atoms in total. The van der Waals surface area contributed by atoms with Gasteiger partial charge in [0.25, 0.3) is 5.91 Å². The van der Waals surface area contributed by atoms with Gasteiger partial charge in [-0.05, 0) is 50.7 Å². The van der Waals surface area contributed by atoms with Crippen LogP contribution in [0.4, 0.5) is 5.69 Å². The zero-order chi connectivity index (χ0) is 18.8. The van der Waals surface area contributed by atoms with Gasteiger partial charge in [-0.15, -0.1) is 0 Å². The van der Waals surface area contributed by atoms with Gasteiger partial charge in [-0.3, -0.25) is 20.4 Å². The third-order valence-corrected chi connectivity index (χ3v) is 4.85. The summed E-state index contributed by atoms with van der Waals surface area (Å²) < 4.78 is 0. The minimum Gasteiger partial charge on any atom is -0.376 e. The summed E-state index contributed by atoms with van der Waals surface area (Å²) in [5.41, 5.74) is 9.37. The van der Waals surface area contributed by atoms with Gasteiger partial charge in [0.1, 0.15) is 0 Å². The van der Waals surface area contributed by atoms with Gasteiger partial charge in [0, 0.05) is 5.69 Å². The van der Waals surface area contributed by atoms with Crippen LogP contribution in [0, 0.1) is 31.1 Å². The van der Waals surface area contributed by atoms with Crippen molar-refractivity contribution >= 4 is 17.5 Å². The predicted octanol–water partition coefficient (Wildman–Crippen LogP) is 3.10. The van der Waals surface area contributed by atoms with Crippen molar-refractivity contribution in [2.45, 2.75) is 41.5 Å². The third kappa shape index (κ3) is 4.62. The number of hydrogen-bond acceptors (Lipinski definition) is 3. The number of benzene rings is 1. The number of allylic oxidation sites excluding steroid dienone is 2. The Morgan fingerprint density at radius 1 is 1.16 bits per heavy atom. The Kier molecular flexibility index (Phi) is 5.55. The van der Waals surface area contributed by atoms with Gasteiger partial charge < -0.3 is 5.32 Å². The Morgan fingerprint density at radius 2 is 1.84 bits per heavy atom. The molecule has 1 fully saturated rings. The Morgan fingerprint density at radius 3 is 2.44 bits per heavy atom. The molecule has 0 saturated heterocycles. The maximum Gasteiger partial charge on any atom is 0.257 e. The Hall–Kier alpha value is -2.30. The molecule has 5 heteroatoms. The fraction of sp³-hybridized carbons (Fsp3) is 0.500. The lowest BCUT2D eigenvalue weighted by molar-refractivity contribution is -0.129. The highest BCUT2D eigenvalue weighted by atomic mass is 16.2. The molecule has 2 amide bonds. The number of nitrogens with one attached hydrogen (secondary N) is 3. The molecule has 0 aliphatic heterocycles. The van der Waals surface area contributed by atoms with Crippen LogP contribution in [0.5, 0.6) is 0 Å². The molecule has 1 aromatic carbocycles. The molecule has 1 aliphatic rings. The van der Waals surface area contributed by atoms with Gasteiger partial charge in [0.05, 0.1) is 12.5 Å². The number of rotatable bonds is 5. The summed E-state index contributed by atoms with van der Waals surface area (Å²) in [6.07, 6.45) is 2.13. The average Bonchev–Trinajstić information content (AvgIpc) is 3.03. The minimum atomic E-state index is -0.273. The Bertz CT molecular complexity index is 703. The number of aryl methyl sites for hydroxylation is 2. The van der Waals surface area contributed by atoms with Gasteiger partial charge in [0.2, 0.25) is 5.91 Å². The lowest BCUT2D eigenvalue weighted by Crippen LogP contribution is -2.45. The van der Waals surface area contributed by atoms with Crippen LogP contribution in [-0.2, 0) is 9.59 Å². The van der Waals surface area contributed by atoms with Crippen LogP contribution >= 0.6 is 0 Å². The molecule has 0 bridgehead atoms. The molecule has 136 valence electrons. The summed E-state index contributed by atoms with van der Waals surface area (Å²) in [5, 5.41) is 3.09. The molecule has 1 aromatic rings.